The fourth-order valence-corrected chi connectivity index (χ4v) is 3.68. The quantitative estimate of drug-likeness (QED) is 0.495. The summed E-state index contributed by atoms with van der Waals surface area (Å²) in [7, 11) is 0. The highest BCUT2D eigenvalue weighted by atomic mass is 16.6. The molecule has 148 valence electrons. The first kappa shape index (κ1) is 18.7. The van der Waals surface area contributed by atoms with Crippen LogP contribution in [0.1, 0.15) is 49.4 Å². The first-order valence-electron chi connectivity index (χ1n) is 10.0. The molecular weight excluding hydrogens is 356 g/mol. The van der Waals surface area contributed by atoms with Gasteiger partial charge >= 0.3 is 5.97 Å². The summed E-state index contributed by atoms with van der Waals surface area (Å²) >= 11 is 0. The molecule has 0 bridgehead atoms. The third-order valence-electron chi connectivity index (χ3n) is 5.21. The Hall–Kier alpha value is -2.67. The molecule has 1 aliphatic heterocycles. The highest BCUT2D eigenvalue weighted by Gasteiger charge is 2.26. The summed E-state index contributed by atoms with van der Waals surface area (Å²) in [5, 5.41) is 0. The average molecular weight is 382 g/mol. The second-order valence-electron chi connectivity index (χ2n) is 7.24. The lowest BCUT2D eigenvalue weighted by Crippen LogP contribution is -2.18. The molecule has 7 heteroatoms. The summed E-state index contributed by atoms with van der Waals surface area (Å²) in [5.41, 5.74) is 9.36. The number of nitrogens with zero attached hydrogens (tertiary/aromatic N) is 3. The Morgan fingerprint density at radius 1 is 1.29 bits per heavy atom. The summed E-state index contributed by atoms with van der Waals surface area (Å²) in [6.45, 7) is 3.81. The normalized spacial score (nSPS) is 16.8. The van der Waals surface area contributed by atoms with Crippen LogP contribution in [-0.4, -0.2) is 39.8 Å². The van der Waals surface area contributed by atoms with Gasteiger partial charge in [0.05, 0.1) is 17.1 Å². The molecule has 0 spiro atoms. The Kier molecular flexibility index (Phi) is 5.43. The van der Waals surface area contributed by atoms with Gasteiger partial charge < -0.3 is 19.8 Å². The number of benzene rings is 1. The number of nitrogens with two attached hydrogens (primary N) is 1. The van der Waals surface area contributed by atoms with Crippen molar-refractivity contribution in [3.05, 3.63) is 29.8 Å². The number of rotatable bonds is 7. The van der Waals surface area contributed by atoms with Gasteiger partial charge in [-0.15, -0.1) is 0 Å². The second-order valence-corrected chi connectivity index (χ2v) is 7.24. The lowest BCUT2D eigenvalue weighted by Gasteiger charge is -2.10. The molecule has 0 amide bonds. The van der Waals surface area contributed by atoms with Crippen molar-refractivity contribution < 1.29 is 14.3 Å². The predicted octanol–water partition coefficient (Wildman–Crippen LogP) is 3.69. The van der Waals surface area contributed by atoms with E-state index < -0.39 is 5.97 Å². The van der Waals surface area contributed by atoms with E-state index in [1.807, 2.05) is 28.8 Å². The number of esters is 1. The molecule has 3 aromatic rings. The molecule has 0 saturated carbocycles. The standard InChI is InChI=1S/C21H26N4O3/c1-2-3-6-11-25-19(22)17(21(26)28-13-14-8-7-12-27-14)18-20(25)24-16-10-5-4-9-15(16)23-18/h4-5,9-10,14H,2-3,6-8,11-13,22H2,1H3/t14-/m0/s1. The van der Waals surface area contributed by atoms with Crippen LogP contribution in [0.3, 0.4) is 0 Å². The van der Waals surface area contributed by atoms with Crippen LogP contribution in [0.2, 0.25) is 0 Å². The van der Waals surface area contributed by atoms with Crippen LogP contribution >= 0.6 is 0 Å². The van der Waals surface area contributed by atoms with Crippen LogP contribution in [0.5, 0.6) is 0 Å². The number of hydrogen-bond acceptors (Lipinski definition) is 6. The smallest absolute Gasteiger partial charge is 0.344 e. The number of ether oxygens (including phenoxy) is 2. The maximum absolute atomic E-state index is 12.9. The Bertz CT molecular complexity index is 992. The van der Waals surface area contributed by atoms with Gasteiger partial charge in [0.25, 0.3) is 0 Å². The number of unbranched alkanes of at least 4 members (excludes halogenated alkanes) is 2. The number of fused-ring (bicyclic) bond motifs is 2. The molecule has 1 aromatic carbocycles. The minimum atomic E-state index is -0.461. The minimum Gasteiger partial charge on any atom is -0.459 e. The van der Waals surface area contributed by atoms with Gasteiger partial charge in [-0.25, -0.2) is 14.8 Å². The highest BCUT2D eigenvalue weighted by Crippen LogP contribution is 2.29. The van der Waals surface area contributed by atoms with Gasteiger partial charge in [-0.05, 0) is 31.4 Å². The molecule has 1 atom stereocenters. The molecule has 1 saturated heterocycles. The second kappa shape index (κ2) is 8.14. The van der Waals surface area contributed by atoms with Crippen molar-refractivity contribution >= 4 is 34.0 Å². The van der Waals surface area contributed by atoms with Crippen LogP contribution in [0, 0.1) is 0 Å². The van der Waals surface area contributed by atoms with Crippen molar-refractivity contribution in [3.8, 4) is 0 Å². The van der Waals surface area contributed by atoms with Crippen LogP contribution in [0.25, 0.3) is 22.2 Å². The van der Waals surface area contributed by atoms with Crippen molar-refractivity contribution in [2.24, 2.45) is 0 Å². The monoisotopic (exact) mass is 382 g/mol. The van der Waals surface area contributed by atoms with Gasteiger partial charge in [0.2, 0.25) is 0 Å². The highest BCUT2D eigenvalue weighted by molar-refractivity contribution is 6.08. The van der Waals surface area contributed by atoms with Crippen molar-refractivity contribution in [2.75, 3.05) is 18.9 Å². The van der Waals surface area contributed by atoms with Crippen LogP contribution in [0.4, 0.5) is 5.82 Å². The summed E-state index contributed by atoms with van der Waals surface area (Å²) in [6.07, 6.45) is 5.02. The van der Waals surface area contributed by atoms with E-state index in [1.165, 1.54) is 0 Å². The number of nitrogen functional groups attached to an aromatic ring is 1. The molecule has 0 aliphatic carbocycles. The van der Waals surface area contributed by atoms with E-state index in [2.05, 4.69) is 6.92 Å². The first-order valence-corrected chi connectivity index (χ1v) is 10.0. The zero-order chi connectivity index (χ0) is 19.5. The first-order chi connectivity index (χ1) is 13.7. The van der Waals surface area contributed by atoms with Gasteiger partial charge in [0.1, 0.15) is 23.5 Å². The molecule has 2 aromatic heterocycles. The number of aromatic nitrogens is 3. The van der Waals surface area contributed by atoms with Crippen molar-refractivity contribution in [3.63, 3.8) is 0 Å². The van der Waals surface area contributed by atoms with E-state index in [4.69, 9.17) is 25.2 Å². The van der Waals surface area contributed by atoms with Crippen LogP contribution in [0.15, 0.2) is 24.3 Å². The number of carbonyl (C=O) groups excluding carboxylic acids is 1. The Morgan fingerprint density at radius 3 is 2.79 bits per heavy atom. The zero-order valence-corrected chi connectivity index (χ0v) is 16.2. The number of para-hydroxylation sites is 2. The van der Waals surface area contributed by atoms with Crippen molar-refractivity contribution in [2.45, 2.75) is 51.7 Å². The predicted molar refractivity (Wildman–Crippen MR) is 108 cm³/mol. The molecule has 1 aliphatic rings. The van der Waals surface area contributed by atoms with E-state index in [0.717, 1.165) is 49.7 Å². The summed E-state index contributed by atoms with van der Waals surface area (Å²) in [6, 6.07) is 7.62. The SMILES string of the molecule is CCCCCn1c(N)c(C(=O)OC[C@@H]2CCCO2)c2nc3ccccc3nc21. The van der Waals surface area contributed by atoms with Crippen LogP contribution < -0.4 is 5.73 Å². The maximum Gasteiger partial charge on any atom is 0.344 e. The Labute approximate surface area is 163 Å². The lowest BCUT2D eigenvalue weighted by molar-refractivity contribution is 0.0163. The Morgan fingerprint density at radius 2 is 2.07 bits per heavy atom. The largest absolute Gasteiger partial charge is 0.459 e. The number of carbonyl (C=O) groups is 1. The molecule has 1 fully saturated rings. The van der Waals surface area contributed by atoms with E-state index >= 15 is 0 Å². The zero-order valence-electron chi connectivity index (χ0n) is 16.2. The molecular formula is C21H26N4O3. The molecule has 2 N–H and O–H groups in total. The van der Waals surface area contributed by atoms with Crippen molar-refractivity contribution in [1.82, 2.24) is 14.5 Å². The minimum absolute atomic E-state index is 0.0324. The van der Waals surface area contributed by atoms with Gasteiger partial charge in [0.15, 0.2) is 5.65 Å². The summed E-state index contributed by atoms with van der Waals surface area (Å²) in [4.78, 5) is 22.3. The van der Waals surface area contributed by atoms with Gasteiger partial charge in [-0.1, -0.05) is 31.9 Å². The van der Waals surface area contributed by atoms with Crippen LogP contribution in [-0.2, 0) is 16.0 Å². The molecule has 0 radical (unpaired) electrons. The van der Waals surface area contributed by atoms with Crippen molar-refractivity contribution in [1.29, 1.82) is 0 Å². The molecule has 0 unspecified atom stereocenters. The van der Waals surface area contributed by atoms with E-state index in [-0.39, 0.29) is 12.7 Å². The third-order valence-corrected chi connectivity index (χ3v) is 5.21. The molecule has 3 heterocycles. The molecule has 4 rings (SSSR count). The Balaban J connectivity index is 1.73. The van der Waals surface area contributed by atoms with E-state index in [9.17, 15) is 4.79 Å². The lowest BCUT2D eigenvalue weighted by atomic mass is 10.2. The fraction of sp³-hybridized carbons (Fsp3) is 0.476. The number of aryl methyl sites for hydroxylation is 1. The summed E-state index contributed by atoms with van der Waals surface area (Å²) in [5.74, 6) is -0.0874. The topological polar surface area (TPSA) is 92.3 Å². The maximum atomic E-state index is 12.9. The number of anilines is 1. The number of hydrogen-bond donors (Lipinski definition) is 1. The fourth-order valence-electron chi connectivity index (χ4n) is 3.68. The summed E-state index contributed by atoms with van der Waals surface area (Å²) < 4.78 is 13.0. The van der Waals surface area contributed by atoms with Gasteiger partial charge in [-0.2, -0.15) is 0 Å². The average Bonchev–Trinajstić information content (AvgIpc) is 3.31. The molecule has 7 nitrogen and oxygen atoms in total. The van der Waals surface area contributed by atoms with Gasteiger partial charge in [-0.3, -0.25) is 0 Å². The van der Waals surface area contributed by atoms with Gasteiger partial charge in [0, 0.05) is 13.2 Å². The van der Waals surface area contributed by atoms with E-state index in [1.54, 1.807) is 0 Å². The van der Waals surface area contributed by atoms with E-state index in [0.29, 0.717) is 29.1 Å². The third kappa shape index (κ3) is 3.54. The molecule has 28 heavy (non-hydrogen) atoms.